The molecule has 0 aliphatic heterocycles. The molecule has 9 nitrogen and oxygen atoms in total. The molecule has 0 fully saturated rings. The molecule has 0 heterocycles. The van der Waals surface area contributed by atoms with E-state index >= 15 is 0 Å². The van der Waals surface area contributed by atoms with Crippen molar-refractivity contribution >= 4 is 91.0 Å². The van der Waals surface area contributed by atoms with Gasteiger partial charge in [0.2, 0.25) is 0 Å². The SMILES string of the molecule is O=C(Nc1c(I)c(CCO)c(I)c(NC(=O)C(O)CO)c1I)C(O)CO. The maximum atomic E-state index is 12.0. The standard InChI is InChI=1S/C14H17I3N2O7/c15-8-5(1-2-20)9(16)12(19-14(26)7(24)4-22)10(17)11(8)18-13(25)6(23)3-21/h6-7,20-24H,1-4H2,(H,18,25)(H,19,26). The molecule has 1 aromatic carbocycles. The molecule has 1 aromatic rings. The quantitative estimate of drug-likeness (QED) is 0.182. The van der Waals surface area contributed by atoms with Gasteiger partial charge in [0.1, 0.15) is 0 Å². The number of nitrogens with one attached hydrogen (secondary N) is 2. The Morgan fingerprint density at radius 3 is 1.50 bits per heavy atom. The molecule has 2 amide bonds. The van der Waals surface area contributed by atoms with Gasteiger partial charge < -0.3 is 36.2 Å². The fourth-order valence-corrected chi connectivity index (χ4v) is 6.09. The van der Waals surface area contributed by atoms with E-state index in [4.69, 9.17) is 10.2 Å². The van der Waals surface area contributed by atoms with Crippen molar-refractivity contribution in [2.24, 2.45) is 0 Å². The van der Waals surface area contributed by atoms with Crippen LogP contribution in [0.1, 0.15) is 5.56 Å². The third-order valence-electron chi connectivity index (χ3n) is 3.22. The minimum Gasteiger partial charge on any atom is -0.396 e. The predicted molar refractivity (Wildman–Crippen MR) is 119 cm³/mol. The summed E-state index contributed by atoms with van der Waals surface area (Å²) in [7, 11) is 0. The van der Waals surface area contributed by atoms with E-state index in [1.54, 1.807) is 0 Å². The summed E-state index contributed by atoms with van der Waals surface area (Å²) in [5.74, 6) is -1.65. The summed E-state index contributed by atoms with van der Waals surface area (Å²) in [6, 6.07) is 0. The molecule has 146 valence electrons. The number of anilines is 2. The lowest BCUT2D eigenvalue weighted by Gasteiger charge is -2.21. The molecule has 26 heavy (non-hydrogen) atoms. The predicted octanol–water partition coefficient (Wildman–Crippen LogP) is -0.381. The van der Waals surface area contributed by atoms with Crippen LogP contribution in [0.25, 0.3) is 0 Å². The summed E-state index contributed by atoms with van der Waals surface area (Å²) >= 11 is 5.83. The van der Waals surface area contributed by atoms with Crippen molar-refractivity contribution in [3.63, 3.8) is 0 Å². The Balaban J connectivity index is 3.45. The van der Waals surface area contributed by atoms with E-state index in [-0.39, 0.29) is 13.0 Å². The lowest BCUT2D eigenvalue weighted by atomic mass is 10.1. The fraction of sp³-hybridized carbons (Fsp3) is 0.429. The highest BCUT2D eigenvalue weighted by molar-refractivity contribution is 14.1. The van der Waals surface area contributed by atoms with E-state index in [0.29, 0.717) is 27.6 Å². The van der Waals surface area contributed by atoms with Gasteiger partial charge in [0.05, 0.1) is 28.2 Å². The maximum Gasteiger partial charge on any atom is 0.255 e. The van der Waals surface area contributed by atoms with Gasteiger partial charge in [-0.05, 0) is 79.8 Å². The summed E-state index contributed by atoms with van der Waals surface area (Å²) in [6.07, 6.45) is -2.99. The number of aliphatic hydroxyl groups excluding tert-OH is 5. The maximum absolute atomic E-state index is 12.0. The van der Waals surface area contributed by atoms with Gasteiger partial charge >= 0.3 is 0 Å². The Kier molecular flexibility index (Phi) is 10.4. The topological polar surface area (TPSA) is 159 Å². The van der Waals surface area contributed by atoms with Gasteiger partial charge in [0.15, 0.2) is 12.2 Å². The highest BCUT2D eigenvalue weighted by Crippen LogP contribution is 2.39. The molecule has 2 atom stereocenters. The van der Waals surface area contributed by atoms with Crippen LogP contribution < -0.4 is 10.6 Å². The van der Waals surface area contributed by atoms with Gasteiger partial charge in [-0.2, -0.15) is 0 Å². The molecule has 0 saturated heterocycles. The number of carbonyl (C=O) groups is 2. The van der Waals surface area contributed by atoms with Crippen LogP contribution in [-0.4, -0.2) is 69.4 Å². The van der Waals surface area contributed by atoms with Crippen LogP contribution in [0.4, 0.5) is 11.4 Å². The second-order valence-corrected chi connectivity index (χ2v) is 8.26. The Bertz CT molecular complexity index is 636. The Labute approximate surface area is 190 Å². The molecule has 0 aromatic heterocycles. The summed E-state index contributed by atoms with van der Waals surface area (Å²) < 4.78 is 1.63. The highest BCUT2D eigenvalue weighted by Gasteiger charge is 2.25. The van der Waals surface area contributed by atoms with Crippen LogP contribution in [0.2, 0.25) is 0 Å². The molecule has 0 saturated carbocycles. The van der Waals surface area contributed by atoms with Crippen molar-refractivity contribution in [1.82, 2.24) is 0 Å². The van der Waals surface area contributed by atoms with E-state index in [1.807, 2.05) is 67.8 Å². The van der Waals surface area contributed by atoms with Gasteiger partial charge in [0, 0.05) is 13.7 Å². The Hall–Kier alpha value is 0.150. The van der Waals surface area contributed by atoms with E-state index in [2.05, 4.69) is 10.6 Å². The van der Waals surface area contributed by atoms with Gasteiger partial charge in [-0.25, -0.2) is 0 Å². The van der Waals surface area contributed by atoms with Gasteiger partial charge in [0.25, 0.3) is 11.8 Å². The first-order valence-corrected chi connectivity index (χ1v) is 10.4. The molecule has 12 heteroatoms. The number of amides is 2. The number of benzene rings is 1. The molecular weight excluding hydrogens is 689 g/mol. The first-order valence-electron chi connectivity index (χ1n) is 7.19. The minimum atomic E-state index is -1.61. The van der Waals surface area contributed by atoms with Crippen molar-refractivity contribution in [1.29, 1.82) is 0 Å². The van der Waals surface area contributed by atoms with Crippen LogP contribution in [0, 0.1) is 10.7 Å². The second-order valence-electron chi connectivity index (χ2n) is 5.02. The van der Waals surface area contributed by atoms with Crippen LogP contribution in [0.5, 0.6) is 0 Å². The van der Waals surface area contributed by atoms with Crippen molar-refractivity contribution in [2.45, 2.75) is 18.6 Å². The lowest BCUT2D eigenvalue weighted by Crippen LogP contribution is -2.33. The van der Waals surface area contributed by atoms with Gasteiger partial charge in [-0.3, -0.25) is 9.59 Å². The average Bonchev–Trinajstić information content (AvgIpc) is 2.63. The zero-order chi connectivity index (χ0) is 20.0. The zero-order valence-corrected chi connectivity index (χ0v) is 19.6. The number of halogens is 3. The van der Waals surface area contributed by atoms with Gasteiger partial charge in [-0.15, -0.1) is 0 Å². The van der Waals surface area contributed by atoms with E-state index in [9.17, 15) is 24.9 Å². The second kappa shape index (κ2) is 11.2. The molecule has 0 radical (unpaired) electrons. The molecule has 0 spiro atoms. The average molecular weight is 706 g/mol. The van der Waals surface area contributed by atoms with Crippen molar-refractivity contribution in [3.05, 3.63) is 16.3 Å². The van der Waals surface area contributed by atoms with E-state index in [1.165, 1.54) is 0 Å². The first kappa shape index (κ1) is 24.2. The molecule has 7 N–H and O–H groups in total. The molecule has 2 unspecified atom stereocenters. The molecule has 1 rings (SSSR count). The summed E-state index contributed by atoms with van der Waals surface area (Å²) in [5.41, 5.74) is 1.24. The molecular formula is C14H17I3N2O7. The van der Waals surface area contributed by atoms with Crippen LogP contribution in [-0.2, 0) is 16.0 Å². The van der Waals surface area contributed by atoms with Crippen LogP contribution >= 0.6 is 67.8 Å². The van der Waals surface area contributed by atoms with Crippen molar-refractivity contribution in [2.75, 3.05) is 30.5 Å². The van der Waals surface area contributed by atoms with Crippen molar-refractivity contribution in [3.8, 4) is 0 Å². The van der Waals surface area contributed by atoms with Gasteiger partial charge in [-0.1, -0.05) is 0 Å². The van der Waals surface area contributed by atoms with E-state index < -0.39 is 37.2 Å². The summed E-state index contributed by atoms with van der Waals surface area (Å²) in [4.78, 5) is 23.9. The third-order valence-corrected chi connectivity index (χ3v) is 6.68. The highest BCUT2D eigenvalue weighted by atomic mass is 127. The number of carbonyl (C=O) groups excluding carboxylic acids is 2. The lowest BCUT2D eigenvalue weighted by molar-refractivity contribution is -0.126. The zero-order valence-electron chi connectivity index (χ0n) is 13.2. The van der Waals surface area contributed by atoms with Crippen molar-refractivity contribution < 1.29 is 35.1 Å². The smallest absolute Gasteiger partial charge is 0.255 e. The number of aliphatic hydroxyl groups is 5. The number of hydrogen-bond acceptors (Lipinski definition) is 7. The fourth-order valence-electron chi connectivity index (χ4n) is 1.85. The Morgan fingerprint density at radius 2 is 1.19 bits per heavy atom. The van der Waals surface area contributed by atoms with E-state index in [0.717, 1.165) is 0 Å². The summed E-state index contributed by atoms with van der Waals surface area (Å²) in [5, 5.41) is 51.1. The van der Waals surface area contributed by atoms with Crippen LogP contribution in [0.3, 0.4) is 0 Å². The monoisotopic (exact) mass is 706 g/mol. The third kappa shape index (κ3) is 5.82. The largest absolute Gasteiger partial charge is 0.396 e. The minimum absolute atomic E-state index is 0.175. The number of rotatable bonds is 8. The molecule has 0 aliphatic rings. The summed E-state index contributed by atoms with van der Waals surface area (Å²) in [6.45, 7) is -1.68. The Morgan fingerprint density at radius 1 is 0.808 bits per heavy atom. The molecule has 0 aliphatic carbocycles. The van der Waals surface area contributed by atoms with Crippen LogP contribution in [0.15, 0.2) is 0 Å². The molecule has 0 bridgehead atoms. The number of hydrogen-bond donors (Lipinski definition) is 7. The first-order chi connectivity index (χ1) is 12.2. The normalized spacial score (nSPS) is 13.2.